The van der Waals surface area contributed by atoms with E-state index in [1.54, 1.807) is 18.2 Å². The Labute approximate surface area is 180 Å². The van der Waals surface area contributed by atoms with Crippen molar-refractivity contribution in [2.45, 2.75) is 33.3 Å². The van der Waals surface area contributed by atoms with Crippen LogP contribution in [0.15, 0.2) is 48.0 Å². The lowest BCUT2D eigenvalue weighted by Crippen LogP contribution is -2.54. The van der Waals surface area contributed by atoms with Gasteiger partial charge in [-0.3, -0.25) is 19.8 Å². The van der Waals surface area contributed by atoms with Gasteiger partial charge in [0.15, 0.2) is 5.11 Å². The molecule has 5 nitrogen and oxygen atoms in total. The average Bonchev–Trinajstić information content (AvgIpc) is 2.67. The van der Waals surface area contributed by atoms with Gasteiger partial charge in [-0.05, 0) is 74.0 Å². The molecule has 0 aromatic heterocycles. The highest BCUT2D eigenvalue weighted by molar-refractivity contribution is 7.80. The van der Waals surface area contributed by atoms with E-state index in [-0.39, 0.29) is 16.8 Å². The number of rotatable bonds is 5. The molecule has 1 aliphatic heterocycles. The van der Waals surface area contributed by atoms with Gasteiger partial charge in [-0.15, -0.1) is 0 Å². The third-order valence-corrected chi connectivity index (χ3v) is 4.91. The molecule has 150 valence electrons. The van der Waals surface area contributed by atoms with E-state index >= 15 is 0 Å². The topological polar surface area (TPSA) is 58.6 Å². The van der Waals surface area contributed by atoms with Crippen molar-refractivity contribution in [2.24, 2.45) is 0 Å². The van der Waals surface area contributed by atoms with Crippen molar-refractivity contribution in [3.8, 4) is 5.75 Å². The summed E-state index contributed by atoms with van der Waals surface area (Å²) in [6.07, 6.45) is 2.37. The van der Waals surface area contributed by atoms with Crippen LogP contribution in [-0.4, -0.2) is 23.0 Å². The van der Waals surface area contributed by atoms with Crippen molar-refractivity contribution < 1.29 is 14.3 Å². The highest BCUT2D eigenvalue weighted by Gasteiger charge is 2.34. The second-order valence-corrected chi connectivity index (χ2v) is 7.63. The van der Waals surface area contributed by atoms with Crippen LogP contribution in [0.1, 0.15) is 31.9 Å². The number of hydrogen-bond donors (Lipinski definition) is 1. The zero-order valence-electron chi connectivity index (χ0n) is 16.4. The van der Waals surface area contributed by atoms with E-state index in [1.165, 1.54) is 11.0 Å². The zero-order chi connectivity index (χ0) is 21.1. The van der Waals surface area contributed by atoms with Crippen LogP contribution >= 0.6 is 23.8 Å². The largest absolute Gasteiger partial charge is 0.489 e. The smallest absolute Gasteiger partial charge is 0.270 e. The predicted molar refractivity (Wildman–Crippen MR) is 119 cm³/mol. The first kappa shape index (κ1) is 21.0. The number of nitrogens with zero attached hydrogens (tertiary/aromatic N) is 1. The fourth-order valence-electron chi connectivity index (χ4n) is 2.90. The molecule has 0 atom stereocenters. The molecular formula is C22H21ClN2O3S. The van der Waals surface area contributed by atoms with Crippen LogP contribution in [-0.2, 0) is 16.0 Å². The molecule has 0 unspecified atom stereocenters. The van der Waals surface area contributed by atoms with Crippen LogP contribution in [0.4, 0.5) is 5.69 Å². The lowest BCUT2D eigenvalue weighted by Gasteiger charge is -2.29. The van der Waals surface area contributed by atoms with Crippen molar-refractivity contribution in [1.29, 1.82) is 0 Å². The van der Waals surface area contributed by atoms with Crippen LogP contribution in [0.3, 0.4) is 0 Å². The number of carbonyl (C=O) groups excluding carboxylic acids is 2. The molecule has 0 radical (unpaired) electrons. The molecule has 3 rings (SSSR count). The molecule has 0 saturated carbocycles. The number of carbonyl (C=O) groups is 2. The van der Waals surface area contributed by atoms with Crippen LogP contribution in [0.25, 0.3) is 6.08 Å². The number of halogens is 1. The molecule has 2 amide bonds. The number of ether oxygens (including phenoxy) is 1. The highest BCUT2D eigenvalue weighted by Crippen LogP contribution is 2.28. The summed E-state index contributed by atoms with van der Waals surface area (Å²) < 4.78 is 5.62. The molecule has 1 saturated heterocycles. The van der Waals surface area contributed by atoms with Crippen molar-refractivity contribution in [1.82, 2.24) is 5.32 Å². The number of anilines is 1. The Balaban J connectivity index is 1.93. The van der Waals surface area contributed by atoms with Gasteiger partial charge in [-0.1, -0.05) is 36.7 Å². The summed E-state index contributed by atoms with van der Waals surface area (Å²) in [7, 11) is 0. The Kier molecular flexibility index (Phi) is 6.35. The van der Waals surface area contributed by atoms with Crippen molar-refractivity contribution in [2.75, 3.05) is 4.90 Å². The summed E-state index contributed by atoms with van der Waals surface area (Å²) in [5.41, 5.74) is 2.33. The number of amides is 2. The van der Waals surface area contributed by atoms with Gasteiger partial charge < -0.3 is 4.74 Å². The van der Waals surface area contributed by atoms with Gasteiger partial charge in [-0.2, -0.15) is 0 Å². The Morgan fingerprint density at radius 2 is 1.86 bits per heavy atom. The number of aryl methyl sites for hydroxylation is 1. The molecule has 1 heterocycles. The van der Waals surface area contributed by atoms with E-state index in [4.69, 9.17) is 28.6 Å². The molecule has 1 N–H and O–H groups in total. The highest BCUT2D eigenvalue weighted by atomic mass is 35.5. The second-order valence-electron chi connectivity index (χ2n) is 6.83. The monoisotopic (exact) mass is 428 g/mol. The molecule has 1 aliphatic rings. The van der Waals surface area contributed by atoms with E-state index in [9.17, 15) is 9.59 Å². The summed E-state index contributed by atoms with van der Waals surface area (Å²) in [4.78, 5) is 26.8. The first-order chi connectivity index (χ1) is 13.8. The molecule has 2 aromatic rings. The zero-order valence-corrected chi connectivity index (χ0v) is 17.9. The molecule has 0 spiro atoms. The second kappa shape index (κ2) is 8.76. The minimum absolute atomic E-state index is 0.0175. The molecule has 7 heteroatoms. The first-order valence-electron chi connectivity index (χ1n) is 9.26. The van der Waals surface area contributed by atoms with Crippen molar-refractivity contribution in [3.63, 3.8) is 0 Å². The standard InChI is InChI=1S/C22H21ClN2O3S/c1-4-14-5-8-16(9-6-14)25-21(27)17(20(26)24-22(25)29)11-15-7-10-19(18(23)12-15)28-13(2)3/h5-13H,4H2,1-3H3,(H,24,26,29). The van der Waals surface area contributed by atoms with Crippen LogP contribution < -0.4 is 15.0 Å². The van der Waals surface area contributed by atoms with Gasteiger partial charge in [0.2, 0.25) is 0 Å². The minimum atomic E-state index is -0.542. The molecule has 0 aliphatic carbocycles. The Morgan fingerprint density at radius 3 is 2.45 bits per heavy atom. The van der Waals surface area contributed by atoms with Gasteiger partial charge in [-0.25, -0.2) is 0 Å². The van der Waals surface area contributed by atoms with Gasteiger partial charge in [0, 0.05) is 0 Å². The third kappa shape index (κ3) is 4.66. The van der Waals surface area contributed by atoms with Crippen LogP contribution in [0, 0.1) is 0 Å². The number of benzene rings is 2. The third-order valence-electron chi connectivity index (χ3n) is 4.33. The lowest BCUT2D eigenvalue weighted by molar-refractivity contribution is -0.122. The summed E-state index contributed by atoms with van der Waals surface area (Å²) in [5.74, 6) is -0.483. The molecule has 2 aromatic carbocycles. The normalized spacial score (nSPS) is 15.8. The van der Waals surface area contributed by atoms with Gasteiger partial charge in [0.05, 0.1) is 16.8 Å². The molecule has 0 bridgehead atoms. The maximum atomic E-state index is 13.1. The molecule has 29 heavy (non-hydrogen) atoms. The number of hydrogen-bond acceptors (Lipinski definition) is 4. The maximum Gasteiger partial charge on any atom is 0.270 e. The fourth-order valence-corrected chi connectivity index (χ4v) is 3.41. The summed E-state index contributed by atoms with van der Waals surface area (Å²) >= 11 is 11.5. The average molecular weight is 429 g/mol. The van der Waals surface area contributed by atoms with Crippen LogP contribution in [0.2, 0.25) is 5.02 Å². The fraction of sp³-hybridized carbons (Fsp3) is 0.227. The van der Waals surface area contributed by atoms with E-state index < -0.39 is 11.8 Å². The number of nitrogens with one attached hydrogen (secondary N) is 1. The molecular weight excluding hydrogens is 408 g/mol. The van der Waals surface area contributed by atoms with E-state index in [2.05, 4.69) is 12.2 Å². The quantitative estimate of drug-likeness (QED) is 0.432. The van der Waals surface area contributed by atoms with Gasteiger partial charge >= 0.3 is 0 Å². The SMILES string of the molecule is CCc1ccc(N2C(=O)C(=Cc3ccc(OC(C)C)c(Cl)c3)C(=O)NC2=S)cc1. The Hall–Kier alpha value is -2.70. The maximum absolute atomic E-state index is 13.1. The van der Waals surface area contributed by atoms with E-state index in [0.29, 0.717) is 22.0 Å². The van der Waals surface area contributed by atoms with Crippen molar-refractivity contribution >= 4 is 52.5 Å². The first-order valence-corrected chi connectivity index (χ1v) is 10.1. The Morgan fingerprint density at radius 1 is 1.17 bits per heavy atom. The van der Waals surface area contributed by atoms with Gasteiger partial charge in [0.25, 0.3) is 11.8 Å². The summed E-state index contributed by atoms with van der Waals surface area (Å²) in [6.45, 7) is 5.86. The Bertz CT molecular complexity index is 1000. The van der Waals surface area contributed by atoms with Gasteiger partial charge in [0.1, 0.15) is 11.3 Å². The van der Waals surface area contributed by atoms with Crippen molar-refractivity contribution in [3.05, 3.63) is 64.2 Å². The minimum Gasteiger partial charge on any atom is -0.489 e. The summed E-state index contributed by atoms with van der Waals surface area (Å²) in [6, 6.07) is 12.6. The van der Waals surface area contributed by atoms with Crippen LogP contribution in [0.5, 0.6) is 5.75 Å². The molecule has 1 fully saturated rings. The predicted octanol–water partition coefficient (Wildman–Crippen LogP) is 4.52. The number of thiocarbonyl (C=S) groups is 1. The van der Waals surface area contributed by atoms with E-state index in [1.807, 2.05) is 38.1 Å². The van der Waals surface area contributed by atoms with E-state index in [0.717, 1.165) is 12.0 Å². The summed E-state index contributed by atoms with van der Waals surface area (Å²) in [5, 5.41) is 3.04. The lowest BCUT2D eigenvalue weighted by atomic mass is 10.1.